The van der Waals surface area contributed by atoms with Crippen LogP contribution in [0.5, 0.6) is 0 Å². The highest BCUT2D eigenvalue weighted by molar-refractivity contribution is 6.02. The van der Waals surface area contributed by atoms with Gasteiger partial charge in [-0.25, -0.2) is 0 Å². The molecule has 0 amide bonds. The molecule has 0 saturated carbocycles. The van der Waals surface area contributed by atoms with Crippen LogP contribution in [-0.4, -0.2) is 6.54 Å². The summed E-state index contributed by atoms with van der Waals surface area (Å²) < 4.78 is 8.65. The second-order valence-electron chi connectivity index (χ2n) is 9.66. The first-order valence-corrected chi connectivity index (χ1v) is 12.3. The molecule has 172 valence electrons. The molecule has 6 rings (SSSR count). The van der Waals surface area contributed by atoms with Crippen LogP contribution < -0.4 is 9.47 Å². The second-order valence-corrected chi connectivity index (χ2v) is 9.66. The molecule has 0 N–H and O–H groups in total. The molecule has 35 heavy (non-hydrogen) atoms. The van der Waals surface area contributed by atoms with Gasteiger partial charge in [-0.2, -0.15) is 9.83 Å². The number of aryl methyl sites for hydroxylation is 1. The zero-order chi connectivity index (χ0) is 24.2. The summed E-state index contributed by atoms with van der Waals surface area (Å²) in [4.78, 5) is 2.39. The normalized spacial score (nSPS) is 18.6. The monoisotopic (exact) mass is 458 g/mol. The fourth-order valence-electron chi connectivity index (χ4n) is 5.80. The van der Waals surface area contributed by atoms with Crippen molar-refractivity contribution in [1.29, 1.82) is 5.26 Å². The maximum Gasteiger partial charge on any atom is 0.375 e. The number of benzene rings is 4. The Morgan fingerprint density at radius 1 is 0.971 bits per heavy atom. The Labute approximate surface area is 205 Å². The van der Waals surface area contributed by atoms with Gasteiger partial charge in [-0.05, 0) is 47.2 Å². The summed E-state index contributed by atoms with van der Waals surface area (Å²) in [6.07, 6.45) is 3.56. The average molecular weight is 459 g/mol. The van der Waals surface area contributed by atoms with E-state index in [2.05, 4.69) is 109 Å². The van der Waals surface area contributed by atoms with Crippen molar-refractivity contribution >= 4 is 44.4 Å². The zero-order valence-corrected chi connectivity index (χ0v) is 20.4. The summed E-state index contributed by atoms with van der Waals surface area (Å²) in [6, 6.07) is 28.0. The van der Waals surface area contributed by atoms with E-state index in [4.69, 9.17) is 4.42 Å². The summed E-state index contributed by atoms with van der Waals surface area (Å²) in [7, 11) is 2.05. The minimum absolute atomic E-state index is 0.396. The highest BCUT2D eigenvalue weighted by Crippen LogP contribution is 2.53. The van der Waals surface area contributed by atoms with Crippen molar-refractivity contribution in [3.05, 3.63) is 89.9 Å². The molecule has 2 heterocycles. The number of hydrogen-bond donors (Lipinski definition) is 0. The largest absolute Gasteiger partial charge is 0.397 e. The first-order valence-electron chi connectivity index (χ1n) is 12.3. The van der Waals surface area contributed by atoms with Gasteiger partial charge in [0.05, 0.1) is 18.6 Å². The minimum Gasteiger partial charge on any atom is -0.397 e. The molecule has 0 saturated heterocycles. The van der Waals surface area contributed by atoms with Crippen LogP contribution in [0.25, 0.3) is 38.7 Å². The predicted octanol–water partition coefficient (Wildman–Crippen LogP) is 7.01. The van der Waals surface area contributed by atoms with Crippen molar-refractivity contribution in [2.24, 2.45) is 7.05 Å². The Balaban J connectivity index is 1.63. The van der Waals surface area contributed by atoms with Crippen LogP contribution in [0.2, 0.25) is 0 Å². The van der Waals surface area contributed by atoms with Gasteiger partial charge in [0, 0.05) is 34.8 Å². The number of hydrogen-bond acceptors (Lipinski definition) is 3. The molecule has 1 unspecified atom stereocenters. The number of allylic oxidation sites excluding steroid dienone is 1. The molecule has 5 aromatic rings. The van der Waals surface area contributed by atoms with Crippen molar-refractivity contribution in [2.45, 2.75) is 32.1 Å². The van der Waals surface area contributed by atoms with Gasteiger partial charge in [-0.1, -0.05) is 61.5 Å². The van der Waals surface area contributed by atoms with Crippen LogP contribution in [0, 0.1) is 11.3 Å². The van der Waals surface area contributed by atoms with Crippen LogP contribution in [0.3, 0.4) is 0 Å². The van der Waals surface area contributed by atoms with Gasteiger partial charge in [0.15, 0.2) is 0 Å². The van der Waals surface area contributed by atoms with Gasteiger partial charge in [0.25, 0.3) is 5.52 Å². The molecule has 0 fully saturated rings. The zero-order valence-electron chi connectivity index (χ0n) is 20.4. The van der Waals surface area contributed by atoms with E-state index >= 15 is 0 Å². The van der Waals surface area contributed by atoms with Crippen molar-refractivity contribution in [3.63, 3.8) is 0 Å². The fraction of sp³-hybridized carbons (Fsp3) is 0.226. The van der Waals surface area contributed by atoms with Crippen LogP contribution in [-0.2, 0) is 12.5 Å². The molecule has 1 aliphatic rings. The summed E-state index contributed by atoms with van der Waals surface area (Å²) >= 11 is 0. The van der Waals surface area contributed by atoms with E-state index in [0.29, 0.717) is 6.42 Å². The van der Waals surface area contributed by atoms with Gasteiger partial charge < -0.3 is 9.32 Å². The van der Waals surface area contributed by atoms with Gasteiger partial charge in [0.1, 0.15) is 7.05 Å². The molecule has 4 heteroatoms. The molecule has 1 aliphatic heterocycles. The standard InChI is InChI=1S/C31H28N3O/c1-4-19-34-25-15-13-21-9-5-7-11-23(21)29(25)31(2,17-18-32)27(34)20-28-33(3)26-16-14-22-10-6-8-12-24(22)30(26)35-28/h5-16,20H,4,17,19H2,1-3H3/q+1. The van der Waals surface area contributed by atoms with Crippen molar-refractivity contribution < 1.29 is 8.98 Å². The number of rotatable bonds is 4. The topological polar surface area (TPSA) is 44.0 Å². The van der Waals surface area contributed by atoms with Gasteiger partial charge in [0.2, 0.25) is 5.58 Å². The van der Waals surface area contributed by atoms with Gasteiger partial charge in [-0.15, -0.1) is 0 Å². The lowest BCUT2D eigenvalue weighted by Gasteiger charge is -2.28. The predicted molar refractivity (Wildman–Crippen MR) is 142 cm³/mol. The number of aromatic nitrogens is 1. The van der Waals surface area contributed by atoms with Crippen molar-refractivity contribution in [3.8, 4) is 6.07 Å². The average Bonchev–Trinajstić information content (AvgIpc) is 3.32. The summed E-state index contributed by atoms with van der Waals surface area (Å²) in [5, 5.41) is 14.6. The maximum atomic E-state index is 9.95. The third kappa shape index (κ3) is 3.08. The van der Waals surface area contributed by atoms with Crippen molar-refractivity contribution in [1.82, 2.24) is 0 Å². The SMILES string of the molecule is CCCN1/C(=C/c2oc3c4ccccc4ccc3[n+]2C)C(C)(CC#N)c2c1ccc1ccccc21. The molecule has 0 bridgehead atoms. The van der Waals surface area contributed by atoms with Crippen LogP contribution in [0.15, 0.2) is 82.9 Å². The van der Waals surface area contributed by atoms with Crippen LogP contribution >= 0.6 is 0 Å². The van der Waals surface area contributed by atoms with Crippen molar-refractivity contribution in [2.75, 3.05) is 11.4 Å². The van der Waals surface area contributed by atoms with Gasteiger partial charge >= 0.3 is 5.89 Å². The molecule has 0 aliphatic carbocycles. The molecule has 1 atom stereocenters. The number of fused-ring (bicyclic) bond motifs is 6. The van der Waals surface area contributed by atoms with Crippen LogP contribution in [0.1, 0.15) is 38.1 Å². The Kier molecular flexibility index (Phi) is 4.89. The first kappa shape index (κ1) is 21.4. The highest BCUT2D eigenvalue weighted by Gasteiger charge is 2.45. The third-order valence-corrected chi connectivity index (χ3v) is 7.50. The number of anilines is 1. The minimum atomic E-state index is -0.450. The molecule has 4 aromatic carbocycles. The smallest absolute Gasteiger partial charge is 0.375 e. The highest BCUT2D eigenvalue weighted by atomic mass is 16.4. The summed E-state index contributed by atoms with van der Waals surface area (Å²) in [6.45, 7) is 5.29. The van der Waals surface area contributed by atoms with E-state index in [0.717, 1.165) is 46.4 Å². The Morgan fingerprint density at radius 2 is 1.66 bits per heavy atom. The molecule has 0 spiro atoms. The van der Waals surface area contributed by atoms with Crippen LogP contribution in [0.4, 0.5) is 5.69 Å². The lowest BCUT2D eigenvalue weighted by atomic mass is 9.77. The number of nitriles is 1. The Hall–Kier alpha value is -4.10. The quantitative estimate of drug-likeness (QED) is 0.272. The van der Waals surface area contributed by atoms with E-state index in [-0.39, 0.29) is 0 Å². The first-order chi connectivity index (χ1) is 17.1. The van der Waals surface area contributed by atoms with E-state index in [9.17, 15) is 5.26 Å². The lowest BCUT2D eigenvalue weighted by Crippen LogP contribution is -2.32. The maximum absolute atomic E-state index is 9.95. The second kappa shape index (κ2) is 7.99. The van der Waals surface area contributed by atoms with E-state index < -0.39 is 5.41 Å². The summed E-state index contributed by atoms with van der Waals surface area (Å²) in [5.74, 6) is 0.786. The molecule has 4 nitrogen and oxygen atoms in total. The van der Waals surface area contributed by atoms with E-state index in [1.54, 1.807) is 0 Å². The summed E-state index contributed by atoms with van der Waals surface area (Å²) in [5.41, 5.74) is 5.04. The van der Waals surface area contributed by atoms with Gasteiger partial charge in [-0.3, -0.25) is 0 Å². The number of oxazole rings is 1. The molecule has 0 radical (unpaired) electrons. The molecular formula is C31H28N3O+. The molecule has 1 aromatic heterocycles. The van der Waals surface area contributed by atoms with E-state index in [1.807, 2.05) is 6.07 Å². The Bertz CT molecular complexity index is 1690. The fourth-order valence-corrected chi connectivity index (χ4v) is 5.80. The van der Waals surface area contributed by atoms with E-state index in [1.165, 1.54) is 22.0 Å². The Morgan fingerprint density at radius 3 is 2.40 bits per heavy atom. The third-order valence-electron chi connectivity index (χ3n) is 7.50. The lowest BCUT2D eigenvalue weighted by molar-refractivity contribution is -0.652. The number of nitrogens with zero attached hydrogens (tertiary/aromatic N) is 3. The molecular weight excluding hydrogens is 430 g/mol.